The van der Waals surface area contributed by atoms with E-state index in [1.807, 2.05) is 12.1 Å². The van der Waals surface area contributed by atoms with Gasteiger partial charge in [-0.05, 0) is 24.0 Å². The lowest BCUT2D eigenvalue weighted by Crippen LogP contribution is -2.12. The maximum Gasteiger partial charge on any atom is 0.306 e. The van der Waals surface area contributed by atoms with Gasteiger partial charge in [-0.15, -0.1) is 0 Å². The molecule has 2 nitrogen and oxygen atoms in total. The van der Waals surface area contributed by atoms with E-state index in [2.05, 4.69) is 19.1 Å². The molecule has 2 heteroatoms. The molecule has 1 N–H and O–H groups in total. The molecular weight excluding hydrogens is 176 g/mol. The molecule has 0 aliphatic rings. The predicted molar refractivity (Wildman–Crippen MR) is 56.3 cm³/mol. The topological polar surface area (TPSA) is 37.3 Å². The summed E-state index contributed by atoms with van der Waals surface area (Å²) >= 11 is 0. The minimum atomic E-state index is -0.732. The number of aliphatic carboxylic acids is 1. The van der Waals surface area contributed by atoms with Crippen molar-refractivity contribution in [3.63, 3.8) is 0 Å². The second kappa shape index (κ2) is 4.80. The Morgan fingerprint density at radius 1 is 1.29 bits per heavy atom. The predicted octanol–water partition coefficient (Wildman–Crippen LogP) is 2.51. The number of benzene rings is 1. The van der Waals surface area contributed by atoms with Gasteiger partial charge in [0.25, 0.3) is 0 Å². The number of carbonyl (C=O) groups is 1. The van der Waals surface area contributed by atoms with Crippen LogP contribution in [0.15, 0.2) is 24.3 Å². The standard InChI is InChI=1S/C12H16O2/c1-3-10-4-6-11(7-5-10)8-9(2)12(13)14/h4-7,9H,3,8H2,1-2H3,(H,13,14). The SMILES string of the molecule is CCc1ccc(CC(C)C(=O)O)cc1. The van der Waals surface area contributed by atoms with Crippen LogP contribution in [0.1, 0.15) is 25.0 Å². The van der Waals surface area contributed by atoms with E-state index in [9.17, 15) is 4.79 Å². The van der Waals surface area contributed by atoms with Gasteiger partial charge in [0.2, 0.25) is 0 Å². The van der Waals surface area contributed by atoms with Crippen LogP contribution in [0.4, 0.5) is 0 Å². The second-order valence-corrected chi connectivity index (χ2v) is 3.61. The lowest BCUT2D eigenvalue weighted by atomic mass is 10.00. The van der Waals surface area contributed by atoms with Crippen LogP contribution >= 0.6 is 0 Å². The van der Waals surface area contributed by atoms with E-state index < -0.39 is 5.97 Å². The lowest BCUT2D eigenvalue weighted by molar-refractivity contribution is -0.141. The Labute approximate surface area is 84.6 Å². The number of rotatable bonds is 4. The normalized spacial score (nSPS) is 12.4. The number of carboxylic acid groups (broad SMARTS) is 1. The summed E-state index contributed by atoms with van der Waals surface area (Å²) in [5, 5.41) is 8.74. The van der Waals surface area contributed by atoms with Crippen LogP contribution in [-0.2, 0) is 17.6 Å². The second-order valence-electron chi connectivity index (χ2n) is 3.61. The van der Waals surface area contributed by atoms with E-state index in [1.54, 1.807) is 6.92 Å². The van der Waals surface area contributed by atoms with Gasteiger partial charge < -0.3 is 5.11 Å². The van der Waals surface area contributed by atoms with Crippen molar-refractivity contribution in [3.05, 3.63) is 35.4 Å². The van der Waals surface area contributed by atoms with Gasteiger partial charge in [0, 0.05) is 0 Å². The number of carboxylic acids is 1. The highest BCUT2D eigenvalue weighted by Crippen LogP contribution is 2.10. The average molecular weight is 192 g/mol. The Morgan fingerprint density at radius 3 is 2.21 bits per heavy atom. The smallest absolute Gasteiger partial charge is 0.306 e. The first-order chi connectivity index (χ1) is 6.63. The third-order valence-electron chi connectivity index (χ3n) is 2.39. The molecule has 0 heterocycles. The van der Waals surface area contributed by atoms with E-state index in [4.69, 9.17) is 5.11 Å². The lowest BCUT2D eigenvalue weighted by Gasteiger charge is -2.06. The molecule has 0 fully saturated rings. The Kier molecular flexibility index (Phi) is 3.69. The Hall–Kier alpha value is -1.31. The molecule has 1 aromatic carbocycles. The summed E-state index contributed by atoms with van der Waals surface area (Å²) in [4.78, 5) is 10.6. The molecule has 0 radical (unpaired) electrons. The van der Waals surface area contributed by atoms with Crippen molar-refractivity contribution in [1.82, 2.24) is 0 Å². The molecule has 0 saturated heterocycles. The highest BCUT2D eigenvalue weighted by Gasteiger charge is 2.10. The fourth-order valence-electron chi connectivity index (χ4n) is 1.35. The van der Waals surface area contributed by atoms with Crippen molar-refractivity contribution >= 4 is 5.97 Å². The van der Waals surface area contributed by atoms with Gasteiger partial charge >= 0.3 is 5.97 Å². The summed E-state index contributed by atoms with van der Waals surface area (Å²) in [6, 6.07) is 8.14. The minimum absolute atomic E-state index is 0.303. The summed E-state index contributed by atoms with van der Waals surface area (Å²) in [5.74, 6) is -1.04. The zero-order valence-corrected chi connectivity index (χ0v) is 8.66. The molecule has 0 aliphatic carbocycles. The first-order valence-electron chi connectivity index (χ1n) is 4.94. The number of aryl methyl sites for hydroxylation is 1. The molecule has 1 unspecified atom stereocenters. The summed E-state index contributed by atoms with van der Waals surface area (Å²) < 4.78 is 0. The van der Waals surface area contributed by atoms with E-state index in [1.165, 1.54) is 5.56 Å². The van der Waals surface area contributed by atoms with Crippen LogP contribution in [0.2, 0.25) is 0 Å². The van der Waals surface area contributed by atoms with Crippen molar-refractivity contribution in [3.8, 4) is 0 Å². The molecule has 0 bridgehead atoms. The van der Waals surface area contributed by atoms with Gasteiger partial charge in [-0.2, -0.15) is 0 Å². The molecule has 1 aromatic rings. The first-order valence-corrected chi connectivity index (χ1v) is 4.94. The zero-order chi connectivity index (χ0) is 10.6. The molecular formula is C12H16O2. The van der Waals surface area contributed by atoms with Gasteiger partial charge in [-0.3, -0.25) is 4.79 Å². The highest BCUT2D eigenvalue weighted by atomic mass is 16.4. The van der Waals surface area contributed by atoms with Crippen LogP contribution in [-0.4, -0.2) is 11.1 Å². The molecule has 0 aromatic heterocycles. The van der Waals surface area contributed by atoms with Crippen LogP contribution in [0.25, 0.3) is 0 Å². The van der Waals surface area contributed by atoms with Gasteiger partial charge in [0.1, 0.15) is 0 Å². The van der Waals surface area contributed by atoms with Crippen LogP contribution < -0.4 is 0 Å². The zero-order valence-electron chi connectivity index (χ0n) is 8.66. The molecule has 1 atom stereocenters. The maximum absolute atomic E-state index is 10.6. The number of hydrogen-bond acceptors (Lipinski definition) is 1. The summed E-state index contributed by atoms with van der Waals surface area (Å²) in [6.45, 7) is 3.84. The van der Waals surface area contributed by atoms with E-state index >= 15 is 0 Å². The van der Waals surface area contributed by atoms with Crippen molar-refractivity contribution < 1.29 is 9.90 Å². The fourth-order valence-corrected chi connectivity index (χ4v) is 1.35. The third-order valence-corrected chi connectivity index (χ3v) is 2.39. The molecule has 0 spiro atoms. The van der Waals surface area contributed by atoms with E-state index in [-0.39, 0.29) is 5.92 Å². The third kappa shape index (κ3) is 2.87. The maximum atomic E-state index is 10.6. The van der Waals surface area contributed by atoms with Gasteiger partial charge in [0.15, 0.2) is 0 Å². The monoisotopic (exact) mass is 192 g/mol. The molecule has 76 valence electrons. The largest absolute Gasteiger partial charge is 0.481 e. The Morgan fingerprint density at radius 2 is 1.79 bits per heavy atom. The van der Waals surface area contributed by atoms with Gasteiger partial charge in [-0.25, -0.2) is 0 Å². The van der Waals surface area contributed by atoms with Crippen LogP contribution in [0, 0.1) is 5.92 Å². The van der Waals surface area contributed by atoms with Crippen molar-refractivity contribution in [1.29, 1.82) is 0 Å². The van der Waals surface area contributed by atoms with E-state index in [0.29, 0.717) is 6.42 Å². The molecule has 14 heavy (non-hydrogen) atoms. The molecule has 1 rings (SSSR count). The molecule has 0 aliphatic heterocycles. The first kappa shape index (κ1) is 10.8. The Bertz CT molecular complexity index is 301. The summed E-state index contributed by atoms with van der Waals surface area (Å²) in [7, 11) is 0. The summed E-state index contributed by atoms with van der Waals surface area (Å²) in [6.07, 6.45) is 1.63. The van der Waals surface area contributed by atoms with Crippen molar-refractivity contribution in [2.75, 3.05) is 0 Å². The Balaban J connectivity index is 2.64. The van der Waals surface area contributed by atoms with Crippen molar-refractivity contribution in [2.45, 2.75) is 26.7 Å². The highest BCUT2D eigenvalue weighted by molar-refractivity contribution is 5.69. The fraction of sp³-hybridized carbons (Fsp3) is 0.417. The molecule has 0 amide bonds. The average Bonchev–Trinajstić information content (AvgIpc) is 2.19. The van der Waals surface area contributed by atoms with E-state index in [0.717, 1.165) is 12.0 Å². The quantitative estimate of drug-likeness (QED) is 0.795. The number of hydrogen-bond donors (Lipinski definition) is 1. The minimum Gasteiger partial charge on any atom is -0.481 e. The summed E-state index contributed by atoms with van der Waals surface area (Å²) in [5.41, 5.74) is 2.38. The van der Waals surface area contributed by atoms with Crippen molar-refractivity contribution in [2.24, 2.45) is 5.92 Å². The van der Waals surface area contributed by atoms with Crippen LogP contribution in [0.5, 0.6) is 0 Å². The van der Waals surface area contributed by atoms with Gasteiger partial charge in [-0.1, -0.05) is 38.1 Å². The van der Waals surface area contributed by atoms with Gasteiger partial charge in [0.05, 0.1) is 5.92 Å². The molecule has 0 saturated carbocycles. The van der Waals surface area contributed by atoms with Crippen LogP contribution in [0.3, 0.4) is 0 Å².